The van der Waals surface area contributed by atoms with Crippen molar-refractivity contribution in [2.24, 2.45) is 0 Å². The number of hydrogen-bond donors (Lipinski definition) is 0. The van der Waals surface area contributed by atoms with Gasteiger partial charge in [0.2, 0.25) is 5.69 Å². The molecule has 0 aromatic heterocycles. The molecule has 18 heavy (non-hydrogen) atoms. The zero-order chi connectivity index (χ0) is 14.0. The minimum absolute atomic E-state index is 0.223. The van der Waals surface area contributed by atoms with Gasteiger partial charge in [-0.3, -0.25) is 0 Å². The Morgan fingerprint density at radius 1 is 1.33 bits per heavy atom. The molecule has 0 bridgehead atoms. The van der Waals surface area contributed by atoms with Crippen molar-refractivity contribution in [3.05, 3.63) is 39.7 Å². The smallest absolute Gasteiger partial charge is 0.201 e. The zero-order valence-corrected chi connectivity index (χ0v) is 14.3. The van der Waals surface area contributed by atoms with Crippen LogP contribution in [0.25, 0.3) is 4.85 Å². The number of nitrogens with zero attached hydrogens (tertiary/aromatic N) is 1. The first-order valence-electron chi connectivity index (χ1n) is 5.97. The summed E-state index contributed by atoms with van der Waals surface area (Å²) in [4.78, 5) is 3.43. The summed E-state index contributed by atoms with van der Waals surface area (Å²) in [5.41, 5.74) is 1.75. The van der Waals surface area contributed by atoms with Gasteiger partial charge in [0.25, 0.3) is 0 Å². The summed E-state index contributed by atoms with van der Waals surface area (Å²) >= 11 is 3.41. The second kappa shape index (κ2) is 5.56. The molecule has 0 saturated heterocycles. The molecule has 0 saturated carbocycles. The molecule has 4 heteroatoms. The zero-order valence-electron chi connectivity index (χ0n) is 11.7. The van der Waals surface area contributed by atoms with Gasteiger partial charge < -0.3 is 4.43 Å². The van der Waals surface area contributed by atoms with Crippen molar-refractivity contribution in [2.45, 2.75) is 45.5 Å². The van der Waals surface area contributed by atoms with Gasteiger partial charge in [-0.2, -0.15) is 0 Å². The Balaban J connectivity index is 2.77. The topological polar surface area (TPSA) is 13.6 Å². The van der Waals surface area contributed by atoms with E-state index in [0.717, 1.165) is 10.0 Å². The van der Waals surface area contributed by atoms with Crippen LogP contribution in [0.4, 0.5) is 5.69 Å². The van der Waals surface area contributed by atoms with Gasteiger partial charge in [-0.25, -0.2) is 4.85 Å². The molecule has 0 aliphatic carbocycles. The van der Waals surface area contributed by atoms with Crippen molar-refractivity contribution < 1.29 is 4.43 Å². The molecule has 1 aromatic rings. The van der Waals surface area contributed by atoms with Gasteiger partial charge in [0.15, 0.2) is 8.32 Å². The summed E-state index contributed by atoms with van der Waals surface area (Å²) in [5.74, 6) is 0. The van der Waals surface area contributed by atoms with Crippen molar-refractivity contribution >= 4 is 29.9 Å². The lowest BCUT2D eigenvalue weighted by Gasteiger charge is -2.36. The molecule has 1 aromatic carbocycles. The third kappa shape index (κ3) is 3.68. The molecule has 0 atom stereocenters. The summed E-state index contributed by atoms with van der Waals surface area (Å²) < 4.78 is 6.99. The van der Waals surface area contributed by atoms with Crippen molar-refractivity contribution in [3.63, 3.8) is 0 Å². The summed E-state index contributed by atoms with van der Waals surface area (Å²) in [6, 6.07) is 5.77. The molecule has 98 valence electrons. The third-order valence-electron chi connectivity index (χ3n) is 3.54. The van der Waals surface area contributed by atoms with Crippen LogP contribution in [0.1, 0.15) is 26.3 Å². The number of benzene rings is 1. The van der Waals surface area contributed by atoms with Crippen LogP contribution in [0.3, 0.4) is 0 Å². The summed E-state index contributed by atoms with van der Waals surface area (Å²) in [5, 5.41) is 0.223. The lowest BCUT2D eigenvalue weighted by atomic mass is 10.2. The molecule has 0 N–H and O–H groups in total. The quantitative estimate of drug-likeness (QED) is 0.526. The fourth-order valence-corrected chi connectivity index (χ4v) is 2.69. The molecule has 0 unspecified atom stereocenters. The van der Waals surface area contributed by atoms with Crippen LogP contribution in [-0.2, 0) is 11.0 Å². The molecular formula is C14H20BrNOSi. The fraction of sp³-hybridized carbons (Fsp3) is 0.500. The maximum atomic E-state index is 7.01. The van der Waals surface area contributed by atoms with E-state index in [1.807, 2.05) is 18.2 Å². The van der Waals surface area contributed by atoms with Gasteiger partial charge >= 0.3 is 0 Å². The van der Waals surface area contributed by atoms with Crippen LogP contribution in [0.5, 0.6) is 0 Å². The van der Waals surface area contributed by atoms with Crippen LogP contribution in [0.15, 0.2) is 22.7 Å². The van der Waals surface area contributed by atoms with Crippen LogP contribution in [-0.4, -0.2) is 8.32 Å². The van der Waals surface area contributed by atoms with E-state index in [2.05, 4.69) is 54.6 Å². The fourth-order valence-electron chi connectivity index (χ4n) is 1.21. The Morgan fingerprint density at radius 2 is 1.94 bits per heavy atom. The van der Waals surface area contributed by atoms with E-state index in [1.165, 1.54) is 0 Å². The predicted molar refractivity (Wildman–Crippen MR) is 82.4 cm³/mol. The molecule has 1 rings (SSSR count). The summed E-state index contributed by atoms with van der Waals surface area (Å²) in [7, 11) is -1.70. The highest BCUT2D eigenvalue weighted by Gasteiger charge is 2.36. The van der Waals surface area contributed by atoms with Crippen LogP contribution in [0.2, 0.25) is 18.1 Å². The number of rotatable bonds is 3. The molecular weight excluding hydrogens is 306 g/mol. The predicted octanol–water partition coefficient (Wildman–Crippen LogP) is 5.52. The van der Waals surface area contributed by atoms with Gasteiger partial charge in [-0.05, 0) is 23.7 Å². The van der Waals surface area contributed by atoms with E-state index >= 15 is 0 Å². The second-order valence-electron chi connectivity index (χ2n) is 5.95. The normalized spacial score (nSPS) is 12.3. The summed E-state index contributed by atoms with van der Waals surface area (Å²) in [6.45, 7) is 18.8. The highest BCUT2D eigenvalue weighted by Crippen LogP contribution is 2.37. The first kappa shape index (κ1) is 15.4. The van der Waals surface area contributed by atoms with E-state index in [1.54, 1.807) is 0 Å². The number of hydrogen-bond acceptors (Lipinski definition) is 1. The van der Waals surface area contributed by atoms with E-state index < -0.39 is 8.32 Å². The standard InChI is InChI=1S/C14H20BrNOSi/c1-14(2,3)18(5,6)17-10-11-7-8-13(16-4)12(15)9-11/h7-9H,10H2,1-3,5-6H3. The summed E-state index contributed by atoms with van der Waals surface area (Å²) in [6.07, 6.45) is 0. The van der Waals surface area contributed by atoms with Crippen molar-refractivity contribution in [2.75, 3.05) is 0 Å². The minimum Gasteiger partial charge on any atom is -0.413 e. The second-order valence-corrected chi connectivity index (χ2v) is 11.6. The van der Waals surface area contributed by atoms with E-state index in [0.29, 0.717) is 12.3 Å². The van der Waals surface area contributed by atoms with E-state index in [4.69, 9.17) is 11.0 Å². The average molecular weight is 326 g/mol. The maximum Gasteiger partial charge on any atom is 0.201 e. The van der Waals surface area contributed by atoms with Gasteiger partial charge in [-0.15, -0.1) is 0 Å². The molecule has 0 aliphatic heterocycles. The highest BCUT2D eigenvalue weighted by atomic mass is 79.9. The largest absolute Gasteiger partial charge is 0.413 e. The Bertz CT molecular complexity index is 472. The van der Waals surface area contributed by atoms with Crippen LogP contribution < -0.4 is 0 Å². The SMILES string of the molecule is [C-]#[N+]c1ccc(CO[Si](C)(C)C(C)(C)C)cc1Br. The first-order valence-corrected chi connectivity index (χ1v) is 9.67. The van der Waals surface area contributed by atoms with Crippen LogP contribution >= 0.6 is 15.9 Å². The lowest BCUT2D eigenvalue weighted by molar-refractivity contribution is 0.276. The minimum atomic E-state index is -1.70. The van der Waals surface area contributed by atoms with Gasteiger partial charge in [-0.1, -0.05) is 54.9 Å². The Hall–Kier alpha value is -0.633. The first-order chi connectivity index (χ1) is 8.17. The maximum absolute atomic E-state index is 7.01. The Kier molecular flexibility index (Phi) is 4.76. The lowest BCUT2D eigenvalue weighted by Crippen LogP contribution is -2.40. The highest BCUT2D eigenvalue weighted by molar-refractivity contribution is 9.10. The molecule has 0 spiro atoms. The molecule has 0 amide bonds. The van der Waals surface area contributed by atoms with E-state index in [-0.39, 0.29) is 5.04 Å². The molecule has 0 fully saturated rings. The Morgan fingerprint density at radius 3 is 2.39 bits per heavy atom. The van der Waals surface area contributed by atoms with Gasteiger partial charge in [0.05, 0.1) is 13.2 Å². The third-order valence-corrected chi connectivity index (χ3v) is 8.65. The van der Waals surface area contributed by atoms with E-state index in [9.17, 15) is 0 Å². The van der Waals surface area contributed by atoms with Gasteiger partial charge in [0.1, 0.15) is 0 Å². The Labute approximate surface area is 119 Å². The molecule has 0 radical (unpaired) electrons. The van der Waals surface area contributed by atoms with Crippen LogP contribution in [0, 0.1) is 6.57 Å². The van der Waals surface area contributed by atoms with Gasteiger partial charge in [0, 0.05) is 4.47 Å². The molecule has 0 heterocycles. The average Bonchev–Trinajstić information content (AvgIpc) is 2.25. The van der Waals surface area contributed by atoms with Crippen molar-refractivity contribution in [3.8, 4) is 0 Å². The number of halogens is 1. The van der Waals surface area contributed by atoms with Crippen molar-refractivity contribution in [1.29, 1.82) is 0 Å². The van der Waals surface area contributed by atoms with Crippen molar-refractivity contribution in [1.82, 2.24) is 0 Å². The monoisotopic (exact) mass is 325 g/mol. The molecule has 0 aliphatic rings. The molecule has 2 nitrogen and oxygen atoms in total.